The average molecular weight is 1340 g/mol. The van der Waals surface area contributed by atoms with Crippen molar-refractivity contribution in [1.29, 1.82) is 0 Å². The van der Waals surface area contributed by atoms with Gasteiger partial charge in [-0.1, -0.05) is 383 Å². The van der Waals surface area contributed by atoms with Gasteiger partial charge in [-0.2, -0.15) is 0 Å². The fraction of sp³-hybridized carbons (Fsp3) is 0.849. The molecule has 556 valence electrons. The van der Waals surface area contributed by atoms with E-state index in [2.05, 4.69) is 74.6 Å². The number of nitrogens with zero attached hydrogens (tertiary/aromatic N) is 1. The second-order valence-corrected chi connectivity index (χ2v) is 29.4. The van der Waals surface area contributed by atoms with Gasteiger partial charge in [0.1, 0.15) is 13.2 Å². The summed E-state index contributed by atoms with van der Waals surface area (Å²) in [5.41, 5.74) is 0. The first kappa shape index (κ1) is 92.0. The lowest BCUT2D eigenvalue weighted by molar-refractivity contribution is -0.870. The summed E-state index contributed by atoms with van der Waals surface area (Å²) < 4.78 is 23.1. The highest BCUT2D eigenvalue weighted by atomic mass is 16.7. The summed E-state index contributed by atoms with van der Waals surface area (Å²) in [7, 11) is 6.00. The van der Waals surface area contributed by atoms with Crippen LogP contribution in [0.4, 0.5) is 0 Å². The van der Waals surface area contributed by atoms with Crippen molar-refractivity contribution < 1.29 is 42.9 Å². The number of ether oxygens (including phenoxy) is 4. The number of hydrogen-bond donors (Lipinski definition) is 1. The lowest BCUT2D eigenvalue weighted by Gasteiger charge is -2.25. The third kappa shape index (κ3) is 78.2. The molecule has 9 heteroatoms. The third-order valence-electron chi connectivity index (χ3n) is 18.8. The van der Waals surface area contributed by atoms with Crippen LogP contribution in [0.1, 0.15) is 412 Å². The Kier molecular flexibility index (Phi) is 74.3. The second kappa shape index (κ2) is 76.7. The molecule has 0 bridgehead atoms. The molecule has 95 heavy (non-hydrogen) atoms. The number of rotatable bonds is 78. The number of carbonyl (C=O) groups is 3. The number of unbranched alkanes of at least 4 members (excludes halogenated alkanes) is 53. The predicted molar refractivity (Wildman–Crippen MR) is 410 cm³/mol. The molecule has 0 saturated heterocycles. The van der Waals surface area contributed by atoms with Gasteiger partial charge in [0, 0.05) is 12.8 Å². The molecule has 0 rings (SSSR count). The maximum Gasteiger partial charge on any atom is 0.361 e. The second-order valence-electron chi connectivity index (χ2n) is 29.4. The van der Waals surface area contributed by atoms with Crippen LogP contribution in [0.2, 0.25) is 0 Å². The minimum atomic E-state index is -1.51. The van der Waals surface area contributed by atoms with Gasteiger partial charge in [0.15, 0.2) is 6.10 Å². The van der Waals surface area contributed by atoms with Crippen molar-refractivity contribution in [2.24, 2.45) is 0 Å². The Hall–Kier alpha value is -3.01. The fourth-order valence-electron chi connectivity index (χ4n) is 12.5. The maximum absolute atomic E-state index is 13.0. The first-order chi connectivity index (χ1) is 46.6. The Morgan fingerprint density at radius 3 is 0.905 bits per heavy atom. The number of allylic oxidation sites excluding steroid dienone is 10. The lowest BCUT2D eigenvalue weighted by atomic mass is 10.0. The highest BCUT2D eigenvalue weighted by Crippen LogP contribution is 2.20. The summed E-state index contributed by atoms with van der Waals surface area (Å²) in [5, 5.41) is 9.78. The van der Waals surface area contributed by atoms with Crippen molar-refractivity contribution in [3.8, 4) is 0 Å². The molecule has 2 unspecified atom stereocenters. The summed E-state index contributed by atoms with van der Waals surface area (Å²) in [6.07, 6.45) is 99.7. The molecule has 9 nitrogen and oxygen atoms in total. The van der Waals surface area contributed by atoms with Crippen LogP contribution in [-0.2, 0) is 33.3 Å². The van der Waals surface area contributed by atoms with E-state index in [1.807, 2.05) is 21.1 Å². The van der Waals surface area contributed by atoms with E-state index in [1.54, 1.807) is 0 Å². The van der Waals surface area contributed by atoms with Gasteiger partial charge in [-0.25, -0.2) is 4.79 Å². The molecule has 0 spiro atoms. The number of esters is 2. The van der Waals surface area contributed by atoms with Crippen LogP contribution in [0, 0.1) is 0 Å². The first-order valence-corrected chi connectivity index (χ1v) is 41.5. The molecular weight excluding hydrogens is 1170 g/mol. The van der Waals surface area contributed by atoms with Gasteiger partial charge in [0.05, 0.1) is 34.4 Å². The number of aliphatic carboxylic acids is 1. The van der Waals surface area contributed by atoms with Crippen molar-refractivity contribution in [3.63, 3.8) is 0 Å². The average Bonchev–Trinajstić information content (AvgIpc) is 3.54. The molecule has 0 fully saturated rings. The van der Waals surface area contributed by atoms with E-state index in [4.69, 9.17) is 18.9 Å². The molecule has 0 saturated carbocycles. The van der Waals surface area contributed by atoms with Crippen molar-refractivity contribution in [3.05, 3.63) is 60.8 Å². The molecular formula is C86H160NO8+. The van der Waals surface area contributed by atoms with Gasteiger partial charge in [0.2, 0.25) is 0 Å². The zero-order chi connectivity index (χ0) is 69.0. The van der Waals surface area contributed by atoms with Crippen LogP contribution in [0.3, 0.4) is 0 Å². The van der Waals surface area contributed by atoms with Crippen LogP contribution in [0.25, 0.3) is 0 Å². The predicted octanol–water partition coefficient (Wildman–Crippen LogP) is 26.6. The van der Waals surface area contributed by atoms with Crippen molar-refractivity contribution in [1.82, 2.24) is 0 Å². The van der Waals surface area contributed by atoms with E-state index >= 15 is 0 Å². The van der Waals surface area contributed by atoms with E-state index in [9.17, 15) is 19.5 Å². The molecule has 0 aromatic carbocycles. The summed E-state index contributed by atoms with van der Waals surface area (Å²) in [6, 6.07) is 0. The summed E-state index contributed by atoms with van der Waals surface area (Å²) >= 11 is 0. The van der Waals surface area contributed by atoms with E-state index < -0.39 is 18.4 Å². The number of carbonyl (C=O) groups excluding carboxylic acids is 2. The summed E-state index contributed by atoms with van der Waals surface area (Å²) in [4.78, 5) is 37.8. The number of carboxylic acids is 1. The zero-order valence-electron chi connectivity index (χ0n) is 63.8. The van der Waals surface area contributed by atoms with Gasteiger partial charge >= 0.3 is 17.9 Å². The van der Waals surface area contributed by atoms with E-state index in [1.165, 1.54) is 321 Å². The third-order valence-corrected chi connectivity index (χ3v) is 18.8. The van der Waals surface area contributed by atoms with Gasteiger partial charge < -0.3 is 28.5 Å². The Morgan fingerprint density at radius 1 is 0.326 bits per heavy atom. The molecule has 0 radical (unpaired) electrons. The van der Waals surface area contributed by atoms with Crippen LogP contribution >= 0.6 is 0 Å². The molecule has 0 amide bonds. The lowest BCUT2D eigenvalue weighted by Crippen LogP contribution is -2.40. The standard InChI is InChI=1S/C86H159NO8/c1-6-8-10-12-14-16-18-20-22-24-26-28-30-32-34-36-37-38-39-40-41-42-43-44-45-46-47-49-51-53-55-57-59-61-63-65-67-69-71-73-75-77-84(89)95-82(81-94-86(85(90)91)92-79-78-87(3,4)5)80-93-83(88)76-74-72-70-68-66-64-62-60-58-56-54-52-50-48-35-33-31-29-27-25-23-21-19-17-15-13-11-9-7-2/h8,10,14,16,20,22,25-28,82,86H,6-7,9,11-13,15,17-19,21,23-24,29-81H2,1-5H3/p+1/b10-8-,16-14-,22-20-,27-25-,28-26-. The number of carboxylic acid groups (broad SMARTS) is 1. The summed E-state index contributed by atoms with van der Waals surface area (Å²) in [5.74, 6) is -1.97. The van der Waals surface area contributed by atoms with Gasteiger partial charge in [-0.05, 0) is 77.0 Å². The van der Waals surface area contributed by atoms with Crippen molar-refractivity contribution >= 4 is 17.9 Å². The number of hydrogen-bond acceptors (Lipinski definition) is 7. The van der Waals surface area contributed by atoms with Gasteiger partial charge in [-0.3, -0.25) is 9.59 Å². The fourth-order valence-corrected chi connectivity index (χ4v) is 12.5. The Morgan fingerprint density at radius 2 is 0.600 bits per heavy atom. The topological polar surface area (TPSA) is 108 Å². The molecule has 2 atom stereocenters. The van der Waals surface area contributed by atoms with E-state index in [0.29, 0.717) is 17.4 Å². The smallest absolute Gasteiger partial charge is 0.361 e. The van der Waals surface area contributed by atoms with Crippen molar-refractivity contribution in [2.45, 2.75) is 424 Å². The molecule has 0 aliphatic rings. The highest BCUT2D eigenvalue weighted by molar-refractivity contribution is 5.71. The van der Waals surface area contributed by atoms with Crippen LogP contribution in [-0.4, -0.2) is 87.4 Å². The monoisotopic (exact) mass is 1340 g/mol. The molecule has 1 N–H and O–H groups in total. The largest absolute Gasteiger partial charge is 0.477 e. The number of likely N-dealkylation sites (N-methyl/N-ethyl adjacent to an activating group) is 1. The van der Waals surface area contributed by atoms with Crippen LogP contribution in [0.15, 0.2) is 60.8 Å². The SMILES string of the molecule is CC/C=C\C/C=C\C/C=C\C/C=C\CCCCCCCCCCCCCCCCCCCCCCCCCCCCCCC(=O)OC(COC(=O)CCCCCCCCCCCCCCCCCCC/C=C\CCCCCCCCCC)COC(OCC[N+](C)(C)C)C(=O)O. The van der Waals surface area contributed by atoms with Gasteiger partial charge in [0.25, 0.3) is 6.29 Å². The van der Waals surface area contributed by atoms with Crippen LogP contribution in [0.5, 0.6) is 0 Å². The Labute approximate surface area is 590 Å². The van der Waals surface area contributed by atoms with E-state index in [-0.39, 0.29) is 38.2 Å². The van der Waals surface area contributed by atoms with E-state index in [0.717, 1.165) is 64.2 Å². The summed E-state index contributed by atoms with van der Waals surface area (Å²) in [6.45, 7) is 4.84. The van der Waals surface area contributed by atoms with Crippen molar-refractivity contribution in [2.75, 3.05) is 47.5 Å². The van der Waals surface area contributed by atoms with Gasteiger partial charge in [-0.15, -0.1) is 0 Å². The molecule has 0 aromatic heterocycles. The van der Waals surface area contributed by atoms with Crippen LogP contribution < -0.4 is 0 Å². The molecule has 0 heterocycles. The number of quaternary nitrogens is 1. The molecule has 0 aromatic rings. The molecule has 0 aliphatic heterocycles. The normalized spacial score (nSPS) is 12.9. The minimum Gasteiger partial charge on any atom is -0.477 e. The minimum absolute atomic E-state index is 0.176. The first-order valence-electron chi connectivity index (χ1n) is 41.5. The highest BCUT2D eigenvalue weighted by Gasteiger charge is 2.25. The Balaban J connectivity index is 3.93. The Bertz CT molecular complexity index is 1750. The maximum atomic E-state index is 13.0. The zero-order valence-corrected chi connectivity index (χ0v) is 63.8. The molecule has 0 aliphatic carbocycles. The quantitative estimate of drug-likeness (QED) is 0.0211.